The zero-order chi connectivity index (χ0) is 20.1. The molecule has 144 valence electrons. The van der Waals surface area contributed by atoms with Crippen molar-refractivity contribution in [1.82, 2.24) is 0 Å². The largest absolute Gasteiger partial charge is 0.507 e. The molecule has 0 saturated heterocycles. The number of hydrogen-bond acceptors (Lipinski definition) is 4. The Morgan fingerprint density at radius 1 is 1.04 bits per heavy atom. The monoisotopic (exact) mass is 370 g/mol. The first-order valence-electron chi connectivity index (χ1n) is 9.04. The lowest BCUT2D eigenvalue weighted by atomic mass is 9.96. The van der Waals surface area contributed by atoms with Crippen molar-refractivity contribution in [2.75, 3.05) is 6.61 Å². The maximum absolute atomic E-state index is 12.5. The van der Waals surface area contributed by atoms with Crippen LogP contribution in [0.5, 0.6) is 11.5 Å². The van der Waals surface area contributed by atoms with Crippen LogP contribution in [0.25, 0.3) is 0 Å². The van der Waals surface area contributed by atoms with E-state index in [1.54, 1.807) is 0 Å². The van der Waals surface area contributed by atoms with Crippen molar-refractivity contribution in [3.05, 3.63) is 58.7 Å². The smallest absolute Gasteiger partial charge is 0.339 e. The predicted molar refractivity (Wildman–Crippen MR) is 104 cm³/mol. The molecule has 2 aromatic carbocycles. The molecule has 5 nitrogen and oxygen atoms in total. The van der Waals surface area contributed by atoms with Gasteiger partial charge in [-0.2, -0.15) is 0 Å². The summed E-state index contributed by atoms with van der Waals surface area (Å²) < 4.78 is 5.93. The van der Waals surface area contributed by atoms with Crippen LogP contribution in [0.15, 0.2) is 36.4 Å². The second-order valence-electron chi connectivity index (χ2n) is 7.37. The van der Waals surface area contributed by atoms with Gasteiger partial charge in [-0.05, 0) is 41.2 Å². The number of hydrogen-bond donors (Lipinski definition) is 2. The summed E-state index contributed by atoms with van der Waals surface area (Å²) in [4.78, 5) is 23.5. The van der Waals surface area contributed by atoms with Crippen LogP contribution in [-0.4, -0.2) is 28.6 Å². The average Bonchev–Trinajstić information content (AvgIpc) is 2.59. The summed E-state index contributed by atoms with van der Waals surface area (Å²) in [7, 11) is 0. The van der Waals surface area contributed by atoms with Crippen LogP contribution >= 0.6 is 0 Å². The van der Waals surface area contributed by atoms with Gasteiger partial charge in [0.1, 0.15) is 17.1 Å². The highest BCUT2D eigenvalue weighted by molar-refractivity contribution is 5.99. The molecule has 0 heterocycles. The third-order valence-corrected chi connectivity index (χ3v) is 4.19. The summed E-state index contributed by atoms with van der Waals surface area (Å²) in [5.41, 5.74) is 1.95. The Bertz CT molecular complexity index is 837. The van der Waals surface area contributed by atoms with Gasteiger partial charge in [0.2, 0.25) is 0 Å². The average molecular weight is 370 g/mol. The Labute approximate surface area is 159 Å². The van der Waals surface area contributed by atoms with Gasteiger partial charge >= 0.3 is 5.97 Å². The van der Waals surface area contributed by atoms with Crippen LogP contribution < -0.4 is 4.74 Å². The standard InChI is InChI=1S/C22H26O5/c1-13(2)12-27-21-10-15(5-7-17(21)14(3)4)9-19(23)16-6-8-18(22(25)26)20(24)11-16/h5-8,10-11,13-14,24H,9,12H2,1-4H3,(H,25,26). The van der Waals surface area contributed by atoms with Gasteiger partial charge in [0.15, 0.2) is 5.78 Å². The number of phenols is 1. The van der Waals surface area contributed by atoms with Gasteiger partial charge in [-0.1, -0.05) is 45.9 Å². The maximum Gasteiger partial charge on any atom is 0.339 e. The second kappa shape index (κ2) is 8.71. The fourth-order valence-electron chi connectivity index (χ4n) is 2.72. The van der Waals surface area contributed by atoms with Gasteiger partial charge in [-0.15, -0.1) is 0 Å². The molecule has 0 amide bonds. The highest BCUT2D eigenvalue weighted by atomic mass is 16.5. The number of benzene rings is 2. The van der Waals surface area contributed by atoms with E-state index in [9.17, 15) is 14.7 Å². The summed E-state index contributed by atoms with van der Waals surface area (Å²) in [6.45, 7) is 8.94. The zero-order valence-corrected chi connectivity index (χ0v) is 16.2. The second-order valence-corrected chi connectivity index (χ2v) is 7.37. The lowest BCUT2D eigenvalue weighted by Crippen LogP contribution is -2.09. The Kier molecular flexibility index (Phi) is 6.61. The van der Waals surface area contributed by atoms with Crippen molar-refractivity contribution in [2.45, 2.75) is 40.0 Å². The number of carboxylic acid groups (broad SMARTS) is 1. The summed E-state index contributed by atoms with van der Waals surface area (Å²) >= 11 is 0. The van der Waals surface area contributed by atoms with Crippen LogP contribution in [0.3, 0.4) is 0 Å². The minimum atomic E-state index is -1.23. The van der Waals surface area contributed by atoms with Crippen LogP contribution in [-0.2, 0) is 6.42 Å². The predicted octanol–water partition coefficient (Wildman–Crippen LogP) is 4.67. The normalized spacial score (nSPS) is 11.0. The number of carboxylic acids is 1. The molecule has 0 aliphatic heterocycles. The van der Waals surface area contributed by atoms with Crippen molar-refractivity contribution in [2.24, 2.45) is 5.92 Å². The molecule has 5 heteroatoms. The van der Waals surface area contributed by atoms with Crippen molar-refractivity contribution < 1.29 is 24.5 Å². The first-order valence-corrected chi connectivity index (χ1v) is 9.04. The van der Waals surface area contributed by atoms with E-state index in [1.165, 1.54) is 18.2 Å². The van der Waals surface area contributed by atoms with Crippen LogP contribution in [0.2, 0.25) is 0 Å². The molecular formula is C22H26O5. The van der Waals surface area contributed by atoms with Crippen molar-refractivity contribution >= 4 is 11.8 Å². The van der Waals surface area contributed by atoms with Gasteiger partial charge in [-0.3, -0.25) is 4.79 Å². The molecule has 0 fully saturated rings. The number of aromatic carboxylic acids is 1. The first-order chi connectivity index (χ1) is 12.7. The highest BCUT2D eigenvalue weighted by Crippen LogP contribution is 2.29. The first kappa shape index (κ1) is 20.5. The number of aromatic hydroxyl groups is 1. The number of carbonyl (C=O) groups excluding carboxylic acids is 1. The minimum absolute atomic E-state index is 0.141. The maximum atomic E-state index is 12.5. The molecule has 0 radical (unpaired) electrons. The minimum Gasteiger partial charge on any atom is -0.507 e. The van der Waals surface area contributed by atoms with E-state index < -0.39 is 11.7 Å². The van der Waals surface area contributed by atoms with Crippen molar-refractivity contribution in [3.8, 4) is 11.5 Å². The van der Waals surface area contributed by atoms with E-state index in [4.69, 9.17) is 9.84 Å². The van der Waals surface area contributed by atoms with Gasteiger partial charge < -0.3 is 14.9 Å². The molecule has 2 N–H and O–H groups in total. The Morgan fingerprint density at radius 3 is 2.30 bits per heavy atom. The molecular weight excluding hydrogens is 344 g/mol. The van der Waals surface area contributed by atoms with E-state index in [2.05, 4.69) is 27.7 Å². The Balaban J connectivity index is 2.23. The molecule has 0 saturated carbocycles. The fraction of sp³-hybridized carbons (Fsp3) is 0.364. The third kappa shape index (κ3) is 5.33. The molecule has 0 aliphatic rings. The number of carbonyl (C=O) groups is 2. The summed E-state index contributed by atoms with van der Waals surface area (Å²) in [6.07, 6.45) is 0.141. The van der Waals surface area contributed by atoms with E-state index >= 15 is 0 Å². The molecule has 0 aliphatic carbocycles. The van der Waals surface area contributed by atoms with E-state index in [0.29, 0.717) is 18.4 Å². The van der Waals surface area contributed by atoms with Crippen LogP contribution in [0.1, 0.15) is 65.5 Å². The SMILES string of the molecule is CC(C)COc1cc(CC(=O)c2ccc(C(=O)O)c(O)c2)ccc1C(C)C. The quantitative estimate of drug-likeness (QED) is 0.660. The fourth-order valence-corrected chi connectivity index (χ4v) is 2.72. The molecule has 0 spiro atoms. The third-order valence-electron chi connectivity index (χ3n) is 4.19. The lowest BCUT2D eigenvalue weighted by molar-refractivity contribution is 0.0693. The number of Topliss-reactive ketones (excluding diaryl/α,β-unsaturated/α-hetero) is 1. The van der Waals surface area contributed by atoms with Gasteiger partial charge in [0.25, 0.3) is 0 Å². The number of rotatable bonds is 8. The Morgan fingerprint density at radius 2 is 1.74 bits per heavy atom. The molecule has 2 rings (SSSR count). The molecule has 27 heavy (non-hydrogen) atoms. The summed E-state index contributed by atoms with van der Waals surface area (Å²) in [5.74, 6) is -0.363. The Hall–Kier alpha value is -2.82. The highest BCUT2D eigenvalue weighted by Gasteiger charge is 2.15. The number of ketones is 1. The number of ether oxygens (including phenoxy) is 1. The van der Waals surface area contributed by atoms with E-state index in [1.807, 2.05) is 18.2 Å². The topological polar surface area (TPSA) is 83.8 Å². The lowest BCUT2D eigenvalue weighted by Gasteiger charge is -2.17. The molecule has 0 unspecified atom stereocenters. The van der Waals surface area contributed by atoms with Gasteiger partial charge in [0.05, 0.1) is 6.61 Å². The van der Waals surface area contributed by atoms with Crippen molar-refractivity contribution in [3.63, 3.8) is 0 Å². The summed E-state index contributed by atoms with van der Waals surface area (Å²) in [6, 6.07) is 9.63. The van der Waals surface area contributed by atoms with Crippen LogP contribution in [0.4, 0.5) is 0 Å². The van der Waals surface area contributed by atoms with E-state index in [-0.39, 0.29) is 23.3 Å². The molecule has 0 atom stereocenters. The zero-order valence-electron chi connectivity index (χ0n) is 16.2. The van der Waals surface area contributed by atoms with Crippen LogP contribution in [0, 0.1) is 5.92 Å². The molecule has 2 aromatic rings. The van der Waals surface area contributed by atoms with Gasteiger partial charge in [-0.25, -0.2) is 4.79 Å². The molecule has 0 aromatic heterocycles. The van der Waals surface area contributed by atoms with E-state index in [0.717, 1.165) is 16.9 Å². The molecule has 0 bridgehead atoms. The summed E-state index contributed by atoms with van der Waals surface area (Å²) in [5, 5.41) is 18.7. The van der Waals surface area contributed by atoms with Gasteiger partial charge in [0, 0.05) is 12.0 Å². The van der Waals surface area contributed by atoms with Crippen molar-refractivity contribution in [1.29, 1.82) is 0 Å².